The van der Waals surface area contributed by atoms with Gasteiger partial charge in [0.1, 0.15) is 5.01 Å². The molecule has 3 heteroatoms. The zero-order chi connectivity index (χ0) is 10.6. The highest BCUT2D eigenvalue weighted by molar-refractivity contribution is 7.11. The van der Waals surface area contributed by atoms with Gasteiger partial charge in [0.05, 0.1) is 11.7 Å². The zero-order valence-electron chi connectivity index (χ0n) is 9.55. The van der Waals surface area contributed by atoms with Crippen molar-refractivity contribution < 1.29 is 0 Å². The summed E-state index contributed by atoms with van der Waals surface area (Å²) in [5.74, 6) is 0. The van der Waals surface area contributed by atoms with Crippen molar-refractivity contribution in [1.82, 2.24) is 10.3 Å². The highest BCUT2D eigenvalue weighted by Crippen LogP contribution is 2.25. The van der Waals surface area contributed by atoms with Crippen LogP contribution in [0.25, 0.3) is 0 Å². The van der Waals surface area contributed by atoms with E-state index in [1.807, 2.05) is 11.3 Å². The fourth-order valence-electron chi connectivity index (χ4n) is 1.58. The number of nitrogens with zero attached hydrogens (tertiary/aromatic N) is 1. The van der Waals surface area contributed by atoms with Crippen molar-refractivity contribution >= 4 is 11.3 Å². The Kier molecular flexibility index (Phi) is 4.55. The molecule has 0 aliphatic carbocycles. The summed E-state index contributed by atoms with van der Waals surface area (Å²) in [4.78, 5) is 6.05. The van der Waals surface area contributed by atoms with Crippen molar-refractivity contribution in [3.8, 4) is 0 Å². The van der Waals surface area contributed by atoms with Gasteiger partial charge >= 0.3 is 0 Å². The van der Waals surface area contributed by atoms with Gasteiger partial charge in [0.15, 0.2) is 0 Å². The van der Waals surface area contributed by atoms with Crippen LogP contribution in [-0.4, -0.2) is 11.5 Å². The molecule has 14 heavy (non-hydrogen) atoms. The van der Waals surface area contributed by atoms with Gasteiger partial charge in [0, 0.05) is 4.88 Å². The number of hydrogen-bond donors (Lipinski definition) is 1. The Morgan fingerprint density at radius 3 is 2.50 bits per heavy atom. The smallest absolute Gasteiger partial charge is 0.110 e. The van der Waals surface area contributed by atoms with Crippen LogP contribution in [-0.2, 0) is 6.42 Å². The number of hydrogen-bond acceptors (Lipinski definition) is 3. The second kappa shape index (κ2) is 5.47. The molecule has 0 radical (unpaired) electrons. The molecule has 0 aliphatic rings. The molecule has 2 nitrogen and oxygen atoms in total. The summed E-state index contributed by atoms with van der Waals surface area (Å²) in [5.41, 5.74) is 1.27. The molecular weight excluding hydrogens is 192 g/mol. The number of thiazole rings is 1. The Labute approximate surface area is 90.8 Å². The van der Waals surface area contributed by atoms with Crippen molar-refractivity contribution in [2.75, 3.05) is 6.54 Å². The lowest BCUT2D eigenvalue weighted by Crippen LogP contribution is -2.19. The maximum absolute atomic E-state index is 4.67. The second-order valence-corrected chi connectivity index (χ2v) is 4.66. The van der Waals surface area contributed by atoms with Crippen LogP contribution in [0.1, 0.15) is 48.8 Å². The van der Waals surface area contributed by atoms with Crippen molar-refractivity contribution in [1.29, 1.82) is 0 Å². The molecule has 1 heterocycles. The first-order chi connectivity index (χ1) is 6.72. The van der Waals surface area contributed by atoms with Crippen LogP contribution in [0.15, 0.2) is 0 Å². The van der Waals surface area contributed by atoms with E-state index in [1.54, 1.807) is 0 Å². The van der Waals surface area contributed by atoms with Crippen LogP contribution in [0.5, 0.6) is 0 Å². The number of aromatic nitrogens is 1. The lowest BCUT2D eigenvalue weighted by molar-refractivity contribution is 0.533. The average Bonchev–Trinajstić information content (AvgIpc) is 2.56. The zero-order valence-corrected chi connectivity index (χ0v) is 10.4. The Bertz CT molecular complexity index is 281. The molecule has 0 amide bonds. The molecule has 0 aliphatic heterocycles. The van der Waals surface area contributed by atoms with Crippen molar-refractivity contribution in [2.45, 2.75) is 46.6 Å². The first-order valence-electron chi connectivity index (χ1n) is 5.42. The minimum atomic E-state index is 0.448. The van der Waals surface area contributed by atoms with Gasteiger partial charge in [0.2, 0.25) is 0 Å². The van der Waals surface area contributed by atoms with Crippen LogP contribution in [0.2, 0.25) is 0 Å². The lowest BCUT2D eigenvalue weighted by atomic mass is 10.2. The van der Waals surface area contributed by atoms with E-state index < -0.39 is 0 Å². The Hall–Kier alpha value is -0.410. The van der Waals surface area contributed by atoms with Crippen LogP contribution in [0.3, 0.4) is 0 Å². The van der Waals surface area contributed by atoms with Crippen molar-refractivity contribution in [3.05, 3.63) is 15.6 Å². The van der Waals surface area contributed by atoms with Crippen LogP contribution >= 0.6 is 11.3 Å². The van der Waals surface area contributed by atoms with Gasteiger partial charge in [0.25, 0.3) is 0 Å². The Balaban J connectivity index is 2.82. The summed E-state index contributed by atoms with van der Waals surface area (Å²) >= 11 is 1.84. The van der Waals surface area contributed by atoms with Crippen LogP contribution in [0, 0.1) is 6.92 Å². The van der Waals surface area contributed by atoms with Gasteiger partial charge in [-0.15, -0.1) is 11.3 Å². The minimum Gasteiger partial charge on any atom is -0.308 e. The Morgan fingerprint density at radius 1 is 1.36 bits per heavy atom. The van der Waals surface area contributed by atoms with Gasteiger partial charge < -0.3 is 5.32 Å². The molecule has 1 atom stereocenters. The van der Waals surface area contributed by atoms with E-state index in [4.69, 9.17) is 0 Å². The van der Waals surface area contributed by atoms with E-state index in [-0.39, 0.29) is 0 Å². The summed E-state index contributed by atoms with van der Waals surface area (Å²) < 4.78 is 0. The predicted octanol–water partition coefficient (Wildman–Crippen LogP) is 3.07. The molecule has 0 fully saturated rings. The highest BCUT2D eigenvalue weighted by atomic mass is 32.1. The molecule has 0 aromatic carbocycles. The van der Waals surface area contributed by atoms with Gasteiger partial charge in [-0.2, -0.15) is 0 Å². The number of nitrogens with one attached hydrogen (secondary N) is 1. The Morgan fingerprint density at radius 2 is 2.07 bits per heavy atom. The van der Waals surface area contributed by atoms with Gasteiger partial charge in [-0.05, 0) is 26.3 Å². The van der Waals surface area contributed by atoms with E-state index in [1.165, 1.54) is 15.6 Å². The molecule has 0 spiro atoms. The molecule has 1 aromatic heterocycles. The monoisotopic (exact) mass is 212 g/mol. The van der Waals surface area contributed by atoms with E-state index in [2.05, 4.69) is 38.0 Å². The average molecular weight is 212 g/mol. The van der Waals surface area contributed by atoms with E-state index in [0.29, 0.717) is 6.04 Å². The SMILES string of the molecule is CCNC(CC)c1nc(CC)c(C)s1. The maximum atomic E-state index is 4.67. The van der Waals surface area contributed by atoms with E-state index >= 15 is 0 Å². The number of rotatable bonds is 5. The van der Waals surface area contributed by atoms with Crippen molar-refractivity contribution in [2.24, 2.45) is 0 Å². The summed E-state index contributed by atoms with van der Waals surface area (Å²) in [7, 11) is 0. The highest BCUT2D eigenvalue weighted by Gasteiger charge is 2.13. The van der Waals surface area contributed by atoms with Gasteiger partial charge in [-0.25, -0.2) is 4.98 Å². The molecule has 1 N–H and O–H groups in total. The molecular formula is C11H20N2S. The van der Waals surface area contributed by atoms with Gasteiger partial charge in [-0.3, -0.25) is 0 Å². The third-order valence-electron chi connectivity index (χ3n) is 2.40. The largest absolute Gasteiger partial charge is 0.308 e. The molecule has 80 valence electrons. The van der Waals surface area contributed by atoms with E-state index in [0.717, 1.165) is 19.4 Å². The third kappa shape index (κ3) is 2.55. The molecule has 0 bridgehead atoms. The third-order valence-corrected chi connectivity index (χ3v) is 3.53. The molecule has 1 rings (SSSR count). The van der Waals surface area contributed by atoms with E-state index in [9.17, 15) is 0 Å². The van der Waals surface area contributed by atoms with Crippen molar-refractivity contribution in [3.63, 3.8) is 0 Å². The second-order valence-electron chi connectivity index (χ2n) is 3.43. The predicted molar refractivity (Wildman–Crippen MR) is 62.9 cm³/mol. The maximum Gasteiger partial charge on any atom is 0.110 e. The fraction of sp³-hybridized carbons (Fsp3) is 0.727. The summed E-state index contributed by atoms with van der Waals surface area (Å²) in [6, 6.07) is 0.448. The standard InChI is InChI=1S/C11H20N2S/c1-5-9-8(4)14-11(13-9)10(6-2)12-7-3/h10,12H,5-7H2,1-4H3. The first kappa shape index (κ1) is 11.7. The number of aryl methyl sites for hydroxylation is 2. The first-order valence-corrected chi connectivity index (χ1v) is 6.24. The fourth-order valence-corrected chi connectivity index (χ4v) is 2.75. The van der Waals surface area contributed by atoms with Gasteiger partial charge in [-0.1, -0.05) is 20.8 Å². The molecule has 1 aromatic rings. The van der Waals surface area contributed by atoms with Crippen LogP contribution in [0.4, 0.5) is 0 Å². The quantitative estimate of drug-likeness (QED) is 0.811. The summed E-state index contributed by atoms with van der Waals surface area (Å²) in [5, 5.41) is 4.71. The normalized spacial score (nSPS) is 13.1. The summed E-state index contributed by atoms with van der Waals surface area (Å²) in [6.45, 7) is 9.69. The summed E-state index contributed by atoms with van der Waals surface area (Å²) in [6.07, 6.45) is 2.16. The van der Waals surface area contributed by atoms with Crippen LogP contribution < -0.4 is 5.32 Å². The topological polar surface area (TPSA) is 24.9 Å². The lowest BCUT2D eigenvalue weighted by Gasteiger charge is -2.11. The minimum absolute atomic E-state index is 0.448. The molecule has 0 saturated carbocycles. The molecule has 1 unspecified atom stereocenters. The molecule has 0 saturated heterocycles.